The lowest BCUT2D eigenvalue weighted by Gasteiger charge is -2.27. The Kier molecular flexibility index (Phi) is 5.35. The van der Waals surface area contributed by atoms with Gasteiger partial charge in [0.1, 0.15) is 5.82 Å². The molecular formula is C15H24N4O. The summed E-state index contributed by atoms with van der Waals surface area (Å²) in [5.74, 6) is 0.967. The van der Waals surface area contributed by atoms with Gasteiger partial charge in [-0.3, -0.25) is 4.79 Å². The van der Waals surface area contributed by atoms with Crippen LogP contribution in [0.5, 0.6) is 0 Å². The van der Waals surface area contributed by atoms with E-state index < -0.39 is 0 Å². The first kappa shape index (κ1) is 14.8. The van der Waals surface area contributed by atoms with E-state index in [1.165, 1.54) is 19.3 Å². The molecule has 1 fully saturated rings. The second kappa shape index (κ2) is 7.24. The van der Waals surface area contributed by atoms with Crippen LogP contribution in [0.15, 0.2) is 18.3 Å². The zero-order valence-electron chi connectivity index (χ0n) is 12.4. The summed E-state index contributed by atoms with van der Waals surface area (Å²) < 4.78 is 0. The van der Waals surface area contributed by atoms with Crippen molar-refractivity contribution in [3.05, 3.63) is 18.3 Å². The lowest BCUT2D eigenvalue weighted by Crippen LogP contribution is -2.32. The number of amides is 1. The van der Waals surface area contributed by atoms with E-state index in [1.54, 1.807) is 6.20 Å². The third-order valence-electron chi connectivity index (χ3n) is 3.38. The van der Waals surface area contributed by atoms with Gasteiger partial charge in [-0.15, -0.1) is 0 Å². The average Bonchev–Trinajstić information content (AvgIpc) is 2.47. The minimum absolute atomic E-state index is 0.0359. The maximum atomic E-state index is 11.7. The number of piperidine rings is 1. The van der Waals surface area contributed by atoms with E-state index >= 15 is 0 Å². The maximum absolute atomic E-state index is 11.7. The summed E-state index contributed by atoms with van der Waals surface area (Å²) in [4.78, 5) is 18.4. The molecule has 1 aliphatic heterocycles. The van der Waals surface area contributed by atoms with Crippen LogP contribution in [-0.4, -0.2) is 36.6 Å². The summed E-state index contributed by atoms with van der Waals surface area (Å²) in [5.41, 5.74) is 0.751. The molecule has 1 amide bonds. The second-order valence-corrected chi connectivity index (χ2v) is 5.54. The molecule has 0 radical (unpaired) electrons. The number of pyridine rings is 1. The molecule has 5 heteroatoms. The smallest absolute Gasteiger partial charge is 0.238 e. The molecule has 0 aromatic carbocycles. The summed E-state index contributed by atoms with van der Waals surface area (Å²) in [7, 11) is 0. The third kappa shape index (κ3) is 4.49. The molecule has 1 aromatic rings. The predicted molar refractivity (Wildman–Crippen MR) is 82.1 cm³/mol. The van der Waals surface area contributed by atoms with Crippen molar-refractivity contribution in [3.63, 3.8) is 0 Å². The Morgan fingerprint density at radius 2 is 2.05 bits per heavy atom. The number of nitrogens with zero attached hydrogens (tertiary/aromatic N) is 2. The molecule has 0 aliphatic carbocycles. The largest absolute Gasteiger partial charge is 0.357 e. The van der Waals surface area contributed by atoms with Gasteiger partial charge < -0.3 is 15.5 Å². The van der Waals surface area contributed by atoms with E-state index in [4.69, 9.17) is 0 Å². The quantitative estimate of drug-likeness (QED) is 0.864. The van der Waals surface area contributed by atoms with Gasteiger partial charge >= 0.3 is 0 Å². The van der Waals surface area contributed by atoms with Crippen LogP contribution in [0.1, 0.15) is 33.1 Å². The molecule has 2 N–H and O–H groups in total. The molecule has 1 saturated heterocycles. The highest BCUT2D eigenvalue weighted by Gasteiger charge is 2.12. The first-order valence-corrected chi connectivity index (χ1v) is 7.39. The number of nitrogens with one attached hydrogen (secondary N) is 2. The molecular weight excluding hydrogens is 252 g/mol. The van der Waals surface area contributed by atoms with Gasteiger partial charge in [-0.05, 0) is 31.4 Å². The molecule has 0 atom stereocenters. The number of aromatic nitrogens is 1. The number of carbonyl (C=O) groups is 1. The van der Waals surface area contributed by atoms with Gasteiger partial charge in [0.2, 0.25) is 5.91 Å². The monoisotopic (exact) mass is 276 g/mol. The SMILES string of the molecule is CC(C)NCC(=O)Nc1ccc(N2CCCCC2)nc1. The molecule has 0 bridgehead atoms. The van der Waals surface area contributed by atoms with Gasteiger partial charge in [0, 0.05) is 19.1 Å². The van der Waals surface area contributed by atoms with Crippen molar-refractivity contribution in [2.45, 2.75) is 39.2 Å². The van der Waals surface area contributed by atoms with Crippen LogP contribution in [0.25, 0.3) is 0 Å². The Balaban J connectivity index is 1.86. The zero-order chi connectivity index (χ0) is 14.4. The van der Waals surface area contributed by atoms with Crippen molar-refractivity contribution >= 4 is 17.4 Å². The highest BCUT2D eigenvalue weighted by Crippen LogP contribution is 2.18. The van der Waals surface area contributed by atoms with E-state index in [0.717, 1.165) is 24.6 Å². The first-order valence-electron chi connectivity index (χ1n) is 7.39. The lowest BCUT2D eigenvalue weighted by molar-refractivity contribution is -0.115. The summed E-state index contributed by atoms with van der Waals surface area (Å²) in [5, 5.41) is 5.93. The highest BCUT2D eigenvalue weighted by atomic mass is 16.1. The summed E-state index contributed by atoms with van der Waals surface area (Å²) in [6.07, 6.45) is 5.52. The summed E-state index contributed by atoms with van der Waals surface area (Å²) in [6, 6.07) is 4.21. The Labute approximate surface area is 120 Å². The van der Waals surface area contributed by atoms with E-state index in [1.807, 2.05) is 26.0 Å². The Morgan fingerprint density at radius 3 is 2.65 bits per heavy atom. The normalized spacial score (nSPS) is 15.4. The van der Waals surface area contributed by atoms with Crippen LogP contribution < -0.4 is 15.5 Å². The number of rotatable bonds is 5. The average molecular weight is 276 g/mol. The Bertz CT molecular complexity index is 424. The number of anilines is 2. The van der Waals surface area contributed by atoms with Crippen LogP contribution in [0.3, 0.4) is 0 Å². The molecule has 5 nitrogen and oxygen atoms in total. The predicted octanol–water partition coefficient (Wildman–Crippen LogP) is 2.01. The van der Waals surface area contributed by atoms with E-state index in [-0.39, 0.29) is 5.91 Å². The fraction of sp³-hybridized carbons (Fsp3) is 0.600. The lowest BCUT2D eigenvalue weighted by atomic mass is 10.1. The number of carbonyl (C=O) groups excluding carboxylic acids is 1. The fourth-order valence-corrected chi connectivity index (χ4v) is 2.27. The van der Waals surface area contributed by atoms with Crippen LogP contribution in [-0.2, 0) is 4.79 Å². The number of hydrogen-bond donors (Lipinski definition) is 2. The van der Waals surface area contributed by atoms with Crippen molar-refractivity contribution < 1.29 is 4.79 Å². The van der Waals surface area contributed by atoms with Crippen molar-refractivity contribution in [1.82, 2.24) is 10.3 Å². The van der Waals surface area contributed by atoms with Crippen LogP contribution in [0.2, 0.25) is 0 Å². The second-order valence-electron chi connectivity index (χ2n) is 5.54. The van der Waals surface area contributed by atoms with Gasteiger partial charge in [0.15, 0.2) is 0 Å². The van der Waals surface area contributed by atoms with Crippen LogP contribution in [0.4, 0.5) is 11.5 Å². The minimum atomic E-state index is -0.0359. The Hall–Kier alpha value is -1.62. The van der Waals surface area contributed by atoms with Crippen molar-refractivity contribution in [2.24, 2.45) is 0 Å². The molecule has 0 saturated carbocycles. The molecule has 110 valence electrons. The molecule has 2 rings (SSSR count). The molecule has 0 unspecified atom stereocenters. The fourth-order valence-electron chi connectivity index (χ4n) is 2.27. The van der Waals surface area contributed by atoms with Crippen molar-refractivity contribution in [3.8, 4) is 0 Å². The van der Waals surface area contributed by atoms with E-state index in [2.05, 4.69) is 20.5 Å². The highest BCUT2D eigenvalue weighted by molar-refractivity contribution is 5.92. The topological polar surface area (TPSA) is 57.3 Å². The molecule has 20 heavy (non-hydrogen) atoms. The maximum Gasteiger partial charge on any atom is 0.238 e. The van der Waals surface area contributed by atoms with Crippen LogP contribution >= 0.6 is 0 Å². The summed E-state index contributed by atoms with van der Waals surface area (Å²) in [6.45, 7) is 6.52. The van der Waals surface area contributed by atoms with Gasteiger partial charge in [0.05, 0.1) is 18.4 Å². The Morgan fingerprint density at radius 1 is 1.30 bits per heavy atom. The van der Waals surface area contributed by atoms with E-state index in [0.29, 0.717) is 12.6 Å². The van der Waals surface area contributed by atoms with Gasteiger partial charge in [-0.2, -0.15) is 0 Å². The van der Waals surface area contributed by atoms with Gasteiger partial charge in [-0.25, -0.2) is 4.98 Å². The molecule has 0 spiro atoms. The number of hydrogen-bond acceptors (Lipinski definition) is 4. The molecule has 2 heterocycles. The van der Waals surface area contributed by atoms with E-state index in [9.17, 15) is 4.79 Å². The van der Waals surface area contributed by atoms with Crippen LogP contribution in [0, 0.1) is 0 Å². The van der Waals surface area contributed by atoms with Gasteiger partial charge in [0.25, 0.3) is 0 Å². The van der Waals surface area contributed by atoms with Crippen molar-refractivity contribution in [2.75, 3.05) is 29.9 Å². The van der Waals surface area contributed by atoms with Gasteiger partial charge in [-0.1, -0.05) is 13.8 Å². The third-order valence-corrected chi connectivity index (χ3v) is 3.38. The standard InChI is InChI=1S/C15H24N4O/c1-12(2)16-11-15(20)18-13-6-7-14(17-10-13)19-8-4-3-5-9-19/h6-7,10,12,16H,3-5,8-9,11H2,1-2H3,(H,18,20). The minimum Gasteiger partial charge on any atom is -0.357 e. The molecule has 1 aromatic heterocycles. The van der Waals surface area contributed by atoms with Crippen molar-refractivity contribution in [1.29, 1.82) is 0 Å². The first-order chi connectivity index (χ1) is 9.65. The molecule has 1 aliphatic rings. The summed E-state index contributed by atoms with van der Waals surface area (Å²) >= 11 is 0. The zero-order valence-corrected chi connectivity index (χ0v) is 12.4.